The zero-order valence-corrected chi connectivity index (χ0v) is 25.1. The summed E-state index contributed by atoms with van der Waals surface area (Å²) in [4.78, 5) is 35.8. The number of nitrogens with zero attached hydrogens (tertiary/aromatic N) is 3. The summed E-state index contributed by atoms with van der Waals surface area (Å²) in [6.07, 6.45) is -5.69. The highest BCUT2D eigenvalue weighted by Crippen LogP contribution is 2.49. The first-order chi connectivity index (χ1) is 20.4. The van der Waals surface area contributed by atoms with Gasteiger partial charge in [-0.1, -0.05) is 36.4 Å². The summed E-state index contributed by atoms with van der Waals surface area (Å²) < 4.78 is 38.8. The second-order valence-electron chi connectivity index (χ2n) is 10.7. The van der Waals surface area contributed by atoms with Crippen molar-refractivity contribution in [1.82, 2.24) is 24.6 Å². The minimum Gasteiger partial charge on any atom is -0.462 e. The molecule has 5 unspecified atom stereocenters. The van der Waals surface area contributed by atoms with Crippen molar-refractivity contribution in [3.8, 4) is 5.75 Å². The van der Waals surface area contributed by atoms with Gasteiger partial charge < -0.3 is 29.2 Å². The standard InChI is InChI=1S/C28H34N5O9P/c1-14(2)39-28(37)15(3)32-43(38,42-20-12-8-10-18-9-6-7-11-19(18)20)41-16(4)24-22(34)23(35)27(40-24)33-13-29-21-25(33)30-17(5)31-26(21)36/h6-16,22-24,27,34-35H,1-5H3,(H,32,38)(H,30,31,36)/t15?,16?,22?,23?,24-,27-,43?/m1/s1. The first-order valence-electron chi connectivity index (χ1n) is 13.8. The minimum atomic E-state index is -4.39. The van der Waals surface area contributed by atoms with Crippen LogP contribution in [-0.2, 0) is 23.4 Å². The molecule has 7 atom stereocenters. The summed E-state index contributed by atoms with van der Waals surface area (Å²) in [5, 5.41) is 26.0. The molecule has 1 aliphatic heterocycles. The normalized spacial score (nSPS) is 23.3. The number of nitrogens with one attached hydrogen (secondary N) is 2. The van der Waals surface area contributed by atoms with E-state index in [1.54, 1.807) is 45.0 Å². The van der Waals surface area contributed by atoms with Crippen molar-refractivity contribution < 1.29 is 38.1 Å². The maximum absolute atomic E-state index is 14.3. The lowest BCUT2D eigenvalue weighted by atomic mass is 10.1. The number of carbonyl (C=O) groups is 1. The van der Waals surface area contributed by atoms with Gasteiger partial charge in [0.25, 0.3) is 5.56 Å². The van der Waals surface area contributed by atoms with Gasteiger partial charge in [-0.25, -0.2) is 14.5 Å². The Kier molecular flexibility index (Phi) is 8.70. The molecule has 43 heavy (non-hydrogen) atoms. The third kappa shape index (κ3) is 6.35. The Morgan fingerprint density at radius 3 is 2.58 bits per heavy atom. The number of aliphatic hydroxyl groups excluding tert-OH is 2. The highest BCUT2D eigenvalue weighted by Gasteiger charge is 2.49. The maximum Gasteiger partial charge on any atom is 0.459 e. The first-order valence-corrected chi connectivity index (χ1v) is 15.3. The van der Waals surface area contributed by atoms with Gasteiger partial charge in [-0.2, -0.15) is 5.09 Å². The number of esters is 1. The average molecular weight is 616 g/mol. The molecule has 0 bridgehead atoms. The van der Waals surface area contributed by atoms with Crippen LogP contribution in [0.5, 0.6) is 5.75 Å². The van der Waals surface area contributed by atoms with Crippen molar-refractivity contribution in [2.24, 2.45) is 0 Å². The number of H-pyrrole nitrogens is 1. The Hall–Kier alpha value is -3.65. The molecule has 2 aromatic carbocycles. The number of hydrogen-bond acceptors (Lipinski definition) is 11. The van der Waals surface area contributed by atoms with Crippen LogP contribution in [-0.4, -0.2) is 72.3 Å². The van der Waals surface area contributed by atoms with Gasteiger partial charge >= 0.3 is 13.7 Å². The number of benzene rings is 2. The molecule has 5 rings (SSSR count). The van der Waals surface area contributed by atoms with Crippen LogP contribution in [0.15, 0.2) is 53.6 Å². The summed E-state index contributed by atoms with van der Waals surface area (Å²) in [5.74, 6) is -0.124. The topological polar surface area (TPSA) is 187 Å². The number of hydrogen-bond donors (Lipinski definition) is 4. The van der Waals surface area contributed by atoms with Crippen LogP contribution in [0, 0.1) is 6.92 Å². The van der Waals surface area contributed by atoms with Gasteiger partial charge in [-0.3, -0.25) is 18.7 Å². The van der Waals surface area contributed by atoms with Gasteiger partial charge in [0.1, 0.15) is 35.9 Å². The second kappa shape index (κ2) is 12.2. The molecule has 4 N–H and O–H groups in total. The fraction of sp³-hybridized carbons (Fsp3) is 0.429. The number of imidazole rings is 1. The van der Waals surface area contributed by atoms with Crippen molar-refractivity contribution in [2.75, 3.05) is 0 Å². The molecule has 15 heteroatoms. The number of aromatic nitrogens is 4. The van der Waals surface area contributed by atoms with E-state index in [1.165, 1.54) is 24.7 Å². The highest BCUT2D eigenvalue weighted by atomic mass is 31.2. The zero-order valence-electron chi connectivity index (χ0n) is 24.2. The number of aryl methyl sites for hydroxylation is 1. The van der Waals surface area contributed by atoms with E-state index in [0.717, 1.165) is 5.39 Å². The van der Waals surface area contributed by atoms with E-state index < -0.39 is 62.1 Å². The van der Waals surface area contributed by atoms with Crippen LogP contribution in [0.25, 0.3) is 21.9 Å². The van der Waals surface area contributed by atoms with Crippen LogP contribution in [0.4, 0.5) is 0 Å². The minimum absolute atomic E-state index is 0.0306. The SMILES string of the molecule is Cc1nc2c(ncn2[C@@H]2O[C@H](C(C)OP(=O)(NC(C)C(=O)OC(C)C)Oc3cccc4ccccc34)C(O)C2O)c(=O)[nH]1. The Morgan fingerprint density at radius 1 is 1.12 bits per heavy atom. The Labute approximate surface area is 246 Å². The Balaban J connectivity index is 1.43. The van der Waals surface area contributed by atoms with Crippen LogP contribution in [0.2, 0.25) is 0 Å². The molecule has 4 aromatic rings. The van der Waals surface area contributed by atoms with Gasteiger partial charge in [0.15, 0.2) is 17.4 Å². The maximum atomic E-state index is 14.3. The van der Waals surface area contributed by atoms with Gasteiger partial charge in [-0.05, 0) is 46.1 Å². The molecule has 0 radical (unpaired) electrons. The predicted molar refractivity (Wildman–Crippen MR) is 155 cm³/mol. The fourth-order valence-corrected chi connectivity index (χ4v) is 6.62. The van der Waals surface area contributed by atoms with Crippen molar-refractivity contribution in [2.45, 2.75) is 77.4 Å². The smallest absolute Gasteiger partial charge is 0.459 e. The average Bonchev–Trinajstić information content (AvgIpc) is 3.48. The van der Waals surface area contributed by atoms with Crippen molar-refractivity contribution in [3.05, 3.63) is 65.0 Å². The first kappa shape index (κ1) is 30.8. The largest absolute Gasteiger partial charge is 0.462 e. The lowest BCUT2D eigenvalue weighted by Crippen LogP contribution is -2.41. The summed E-state index contributed by atoms with van der Waals surface area (Å²) in [5.41, 5.74) is -0.288. The van der Waals surface area contributed by atoms with E-state index >= 15 is 0 Å². The molecular formula is C28H34N5O9P. The molecular weight excluding hydrogens is 581 g/mol. The number of ether oxygens (including phenoxy) is 2. The van der Waals surface area contributed by atoms with Gasteiger partial charge in [-0.15, -0.1) is 0 Å². The zero-order chi connectivity index (χ0) is 31.1. The predicted octanol–water partition coefficient (Wildman–Crippen LogP) is 2.72. The molecule has 0 aliphatic carbocycles. The second-order valence-corrected chi connectivity index (χ2v) is 12.3. The lowest BCUT2D eigenvalue weighted by Gasteiger charge is -2.29. The molecule has 0 amide bonds. The molecule has 1 fully saturated rings. The van der Waals surface area contributed by atoms with E-state index in [-0.39, 0.29) is 16.9 Å². The number of aromatic amines is 1. The van der Waals surface area contributed by atoms with E-state index in [9.17, 15) is 24.4 Å². The van der Waals surface area contributed by atoms with Gasteiger partial charge in [0.05, 0.1) is 18.5 Å². The van der Waals surface area contributed by atoms with Crippen LogP contribution < -0.4 is 15.2 Å². The Morgan fingerprint density at radius 2 is 1.84 bits per heavy atom. The number of aliphatic hydroxyl groups is 2. The summed E-state index contributed by atoms with van der Waals surface area (Å²) in [7, 11) is -4.39. The van der Waals surface area contributed by atoms with E-state index in [1.807, 2.05) is 18.2 Å². The van der Waals surface area contributed by atoms with Crippen molar-refractivity contribution >= 4 is 35.7 Å². The summed E-state index contributed by atoms with van der Waals surface area (Å²) >= 11 is 0. The molecule has 0 saturated carbocycles. The van der Waals surface area contributed by atoms with Crippen LogP contribution in [0.3, 0.4) is 0 Å². The number of carbonyl (C=O) groups excluding carboxylic acids is 1. The van der Waals surface area contributed by atoms with Crippen molar-refractivity contribution in [1.29, 1.82) is 0 Å². The number of rotatable bonds is 10. The lowest BCUT2D eigenvalue weighted by molar-refractivity contribution is -0.149. The number of fused-ring (bicyclic) bond motifs is 2. The molecule has 14 nitrogen and oxygen atoms in total. The van der Waals surface area contributed by atoms with E-state index in [4.69, 9.17) is 18.5 Å². The third-order valence-corrected chi connectivity index (χ3v) is 8.64. The molecule has 1 saturated heterocycles. The summed E-state index contributed by atoms with van der Waals surface area (Å²) in [6, 6.07) is 11.4. The molecule has 3 heterocycles. The molecule has 2 aromatic heterocycles. The fourth-order valence-electron chi connectivity index (χ4n) is 4.91. The monoisotopic (exact) mass is 615 g/mol. The van der Waals surface area contributed by atoms with Crippen LogP contribution in [0.1, 0.15) is 39.7 Å². The molecule has 0 spiro atoms. The third-order valence-electron chi connectivity index (χ3n) is 6.89. The summed E-state index contributed by atoms with van der Waals surface area (Å²) in [6.45, 7) is 7.91. The Bertz CT molecular complexity index is 1740. The van der Waals surface area contributed by atoms with Crippen LogP contribution >= 0.6 is 7.75 Å². The molecule has 230 valence electrons. The van der Waals surface area contributed by atoms with Gasteiger partial charge in [0, 0.05) is 5.39 Å². The molecule has 1 aliphatic rings. The van der Waals surface area contributed by atoms with Crippen molar-refractivity contribution in [3.63, 3.8) is 0 Å². The highest BCUT2D eigenvalue weighted by molar-refractivity contribution is 7.52. The van der Waals surface area contributed by atoms with E-state index in [2.05, 4.69) is 20.0 Å². The van der Waals surface area contributed by atoms with Gasteiger partial charge in [0.2, 0.25) is 0 Å². The quantitative estimate of drug-likeness (QED) is 0.151. The van der Waals surface area contributed by atoms with E-state index in [0.29, 0.717) is 11.2 Å².